The average molecular weight is 922 g/mol. The molecule has 8 amide bonds. The molecule has 360 valence electrons. The Hall–Kier alpha value is -6.74. The number of amides is 8. The van der Waals surface area contributed by atoms with Gasteiger partial charge in [-0.05, 0) is 43.9 Å². The van der Waals surface area contributed by atoms with Crippen LogP contribution < -0.4 is 48.3 Å². The fraction of sp³-hybridized carbons (Fsp3) is 0.538. The number of nitrogens with two attached hydrogens (primary N) is 1. The number of nitrogens with one attached hydrogen (secondary N) is 9. The van der Waals surface area contributed by atoms with Crippen molar-refractivity contribution >= 4 is 53.2 Å². The quantitative estimate of drug-likeness (QED) is 0.0396. The van der Waals surface area contributed by atoms with Crippen LogP contribution in [0.15, 0.2) is 36.8 Å². The molecule has 0 saturated heterocycles. The Bertz CT molecular complexity index is 1930. The van der Waals surface area contributed by atoms with Crippen LogP contribution in [-0.2, 0) is 56.0 Å². The predicted molar refractivity (Wildman–Crippen MR) is 224 cm³/mol. The summed E-state index contributed by atoms with van der Waals surface area (Å²) in [7, 11) is 0. The summed E-state index contributed by atoms with van der Waals surface area (Å²) < 4.78 is 0. The number of aromatic hydroxyl groups is 1. The van der Waals surface area contributed by atoms with E-state index in [0.717, 1.165) is 13.8 Å². The molecule has 0 spiro atoms. The van der Waals surface area contributed by atoms with Crippen LogP contribution in [0, 0.1) is 5.92 Å². The maximum Gasteiger partial charge on any atom is 0.328 e. The number of aliphatic hydroxyl groups is 4. The number of aromatic amines is 1. The number of carboxylic acids is 1. The lowest BCUT2D eigenvalue weighted by Crippen LogP contribution is -2.61. The van der Waals surface area contributed by atoms with Gasteiger partial charge in [-0.2, -0.15) is 0 Å². The number of phenolic OH excluding ortho intramolecular Hbond substituents is 1. The number of aliphatic hydroxyl groups excluding tert-OH is 4. The Morgan fingerprint density at radius 2 is 1.09 bits per heavy atom. The second-order valence-corrected chi connectivity index (χ2v) is 15.3. The van der Waals surface area contributed by atoms with Crippen LogP contribution in [0.3, 0.4) is 0 Å². The summed E-state index contributed by atoms with van der Waals surface area (Å²) in [5.74, 6) is -9.60. The maximum atomic E-state index is 13.5. The van der Waals surface area contributed by atoms with Crippen molar-refractivity contribution in [1.29, 1.82) is 0 Å². The molecule has 2 aromatic rings. The SMILES string of the molecule is CC(C)C[C@H](N)C(=O)N[C@@H](CO)C(=O)N[C@@H](Cc1ccc(O)cc1)C(=O)NCC(=O)N[C@H](C(=O)N[C@@H](Cc1cnc[nH]1)C(=O)N[C@@H](CO)C(=O)NCC(=O)N[C@H](C(=O)O)[C@@H](C)O)[C@@H](C)O. The van der Waals surface area contributed by atoms with Crippen LogP contribution in [0.5, 0.6) is 5.75 Å². The van der Waals surface area contributed by atoms with E-state index in [2.05, 4.69) is 47.2 Å². The minimum absolute atomic E-state index is 0.0414. The van der Waals surface area contributed by atoms with E-state index in [0.29, 0.717) is 5.56 Å². The molecule has 0 fully saturated rings. The highest BCUT2D eigenvalue weighted by atomic mass is 16.4. The van der Waals surface area contributed by atoms with E-state index in [1.807, 2.05) is 19.2 Å². The van der Waals surface area contributed by atoms with Crippen LogP contribution >= 0.6 is 0 Å². The van der Waals surface area contributed by atoms with E-state index < -0.39 is 134 Å². The molecule has 65 heavy (non-hydrogen) atoms. The van der Waals surface area contributed by atoms with Crippen molar-refractivity contribution in [1.82, 2.24) is 52.5 Å². The third-order valence-corrected chi connectivity index (χ3v) is 9.31. The Morgan fingerprint density at radius 3 is 1.58 bits per heavy atom. The first-order valence-electron chi connectivity index (χ1n) is 20.2. The van der Waals surface area contributed by atoms with Crippen molar-refractivity contribution in [2.45, 2.75) is 101 Å². The van der Waals surface area contributed by atoms with Crippen LogP contribution in [0.25, 0.3) is 0 Å². The zero-order valence-corrected chi connectivity index (χ0v) is 36.1. The number of phenols is 1. The van der Waals surface area contributed by atoms with Crippen molar-refractivity contribution in [3.63, 3.8) is 0 Å². The van der Waals surface area contributed by atoms with Gasteiger partial charge in [0.1, 0.15) is 36.0 Å². The van der Waals surface area contributed by atoms with Crippen molar-refractivity contribution in [2.75, 3.05) is 26.3 Å². The first-order chi connectivity index (χ1) is 30.6. The molecule has 0 radical (unpaired) electrons. The molecule has 17 N–H and O–H groups in total. The standard InChI is InChI=1S/C39H59N11O15/c1-18(2)9-24(40)33(58)47-28(16-52)37(62)45-25(10-21-5-7-23(55)8-6-21)34(59)42-13-29(56)49-31(19(3)53)38(63)46-26(11-22-12-41-17-44-22)36(61)48-27(15-51)35(60)43-14-30(57)50-32(20(4)54)39(64)65/h5-8,12,17-20,24-28,31-32,51-55H,9-11,13-16,40H2,1-4H3,(H,41,44)(H,42,59)(H,43,60)(H,45,62)(H,46,63)(H,47,58)(H,48,61)(H,49,56)(H,50,57)(H,64,65)/t19-,20-,24+,25+,26+,27+,28+,31+,32+/m1/s1. The normalized spacial score (nSPS) is 15.2. The average Bonchev–Trinajstić information content (AvgIpc) is 3.76. The number of hydrogen-bond acceptors (Lipinski definition) is 16. The van der Waals surface area contributed by atoms with Gasteiger partial charge in [0.15, 0.2) is 6.04 Å². The predicted octanol–water partition coefficient (Wildman–Crippen LogP) is -6.75. The smallest absolute Gasteiger partial charge is 0.328 e. The molecule has 0 aliphatic rings. The topological polar surface area (TPSA) is 426 Å². The molecule has 0 aliphatic heterocycles. The summed E-state index contributed by atoms with van der Waals surface area (Å²) in [5, 5.41) is 76.7. The lowest BCUT2D eigenvalue weighted by atomic mass is 10.0. The molecule has 0 saturated carbocycles. The Morgan fingerprint density at radius 1 is 0.631 bits per heavy atom. The molecule has 0 bridgehead atoms. The summed E-state index contributed by atoms with van der Waals surface area (Å²) in [6, 6.07) is -5.16. The third kappa shape index (κ3) is 18.9. The number of carbonyl (C=O) groups excluding carboxylic acids is 8. The van der Waals surface area contributed by atoms with Crippen LogP contribution in [0.2, 0.25) is 0 Å². The minimum Gasteiger partial charge on any atom is -0.508 e. The molecule has 1 aromatic carbocycles. The summed E-state index contributed by atoms with van der Waals surface area (Å²) in [4.78, 5) is 122. The number of aromatic nitrogens is 2. The number of carboxylic acid groups (broad SMARTS) is 1. The van der Waals surface area contributed by atoms with Gasteiger partial charge in [-0.25, -0.2) is 9.78 Å². The highest BCUT2D eigenvalue weighted by Crippen LogP contribution is 2.12. The van der Waals surface area contributed by atoms with Crippen molar-refractivity contribution in [3.05, 3.63) is 48.0 Å². The third-order valence-electron chi connectivity index (χ3n) is 9.31. The minimum atomic E-state index is -1.77. The number of benzene rings is 1. The Labute approximate surface area is 372 Å². The van der Waals surface area contributed by atoms with Gasteiger partial charge in [-0.3, -0.25) is 38.4 Å². The fourth-order valence-electron chi connectivity index (χ4n) is 5.81. The second-order valence-electron chi connectivity index (χ2n) is 15.3. The van der Waals surface area contributed by atoms with Gasteiger partial charge >= 0.3 is 5.97 Å². The number of H-pyrrole nitrogens is 1. The van der Waals surface area contributed by atoms with Crippen molar-refractivity contribution < 1.29 is 73.8 Å². The van der Waals surface area contributed by atoms with Gasteiger partial charge in [0.2, 0.25) is 47.3 Å². The Balaban J connectivity index is 2.17. The van der Waals surface area contributed by atoms with Gasteiger partial charge in [-0.1, -0.05) is 26.0 Å². The number of hydrogen-bond donors (Lipinski definition) is 16. The fourth-order valence-corrected chi connectivity index (χ4v) is 5.81. The van der Waals surface area contributed by atoms with Crippen LogP contribution in [0.1, 0.15) is 45.4 Å². The maximum absolute atomic E-state index is 13.5. The lowest BCUT2D eigenvalue weighted by Gasteiger charge is -2.26. The molecule has 26 nitrogen and oxygen atoms in total. The molecule has 0 aliphatic carbocycles. The number of carbonyl (C=O) groups is 9. The summed E-state index contributed by atoms with van der Waals surface area (Å²) in [6.07, 6.45) is -0.789. The zero-order chi connectivity index (χ0) is 49.0. The van der Waals surface area contributed by atoms with E-state index in [4.69, 9.17) is 10.8 Å². The zero-order valence-electron chi connectivity index (χ0n) is 36.1. The number of imidazole rings is 1. The van der Waals surface area contributed by atoms with Crippen LogP contribution in [0.4, 0.5) is 0 Å². The summed E-state index contributed by atoms with van der Waals surface area (Å²) >= 11 is 0. The number of nitrogens with zero attached hydrogens (tertiary/aromatic N) is 1. The van der Waals surface area contributed by atoms with Gasteiger partial charge in [0.25, 0.3) is 0 Å². The molecular weight excluding hydrogens is 862 g/mol. The van der Waals surface area contributed by atoms with Crippen LogP contribution in [-0.4, -0.2) is 175 Å². The highest BCUT2D eigenvalue weighted by Gasteiger charge is 2.34. The molecule has 0 unspecified atom stereocenters. The molecule has 9 atom stereocenters. The van der Waals surface area contributed by atoms with E-state index in [9.17, 15) is 68.7 Å². The van der Waals surface area contributed by atoms with Gasteiger partial charge in [0.05, 0.1) is 50.9 Å². The van der Waals surface area contributed by atoms with E-state index >= 15 is 0 Å². The van der Waals surface area contributed by atoms with Crippen molar-refractivity contribution in [2.24, 2.45) is 11.7 Å². The summed E-state index contributed by atoms with van der Waals surface area (Å²) in [6.45, 7) is 2.37. The molecule has 2 rings (SSSR count). The lowest BCUT2D eigenvalue weighted by molar-refractivity contribution is -0.144. The molecule has 26 heteroatoms. The first kappa shape index (κ1) is 54.4. The summed E-state index contributed by atoms with van der Waals surface area (Å²) in [5.41, 5.74) is 6.63. The molecular formula is C39H59N11O15. The van der Waals surface area contributed by atoms with E-state index in [1.165, 1.54) is 36.8 Å². The van der Waals surface area contributed by atoms with E-state index in [-0.39, 0.29) is 36.6 Å². The monoisotopic (exact) mass is 921 g/mol. The largest absolute Gasteiger partial charge is 0.508 e. The Kier molecular flexibility index (Phi) is 22.4. The van der Waals surface area contributed by atoms with E-state index in [1.54, 1.807) is 0 Å². The number of aliphatic carboxylic acids is 1. The molecule has 1 aromatic heterocycles. The van der Waals surface area contributed by atoms with Gasteiger partial charge in [-0.15, -0.1) is 0 Å². The highest BCUT2D eigenvalue weighted by molar-refractivity contribution is 5.97. The molecule has 1 heterocycles. The number of rotatable bonds is 27. The van der Waals surface area contributed by atoms with Crippen molar-refractivity contribution in [3.8, 4) is 5.75 Å². The first-order valence-corrected chi connectivity index (χ1v) is 20.2. The second kappa shape index (κ2) is 26.8. The van der Waals surface area contributed by atoms with Gasteiger partial charge in [0, 0.05) is 24.7 Å². The van der Waals surface area contributed by atoms with Gasteiger partial charge < -0.3 is 83.9 Å².